The molecule has 112 valence electrons. The SMILES string of the molecule is CC(C)C1CCCC(N[C@@H](C)C2CCCCCC2)C1. The highest BCUT2D eigenvalue weighted by Crippen LogP contribution is 2.31. The molecule has 0 aromatic heterocycles. The standard InChI is InChI=1S/C18H35N/c1-14(2)17-11-8-12-18(13-17)19-15(3)16-9-6-4-5-7-10-16/h14-19H,4-13H2,1-3H3/t15-,17?,18?/m0/s1. The normalized spacial score (nSPS) is 32.2. The molecule has 1 N–H and O–H groups in total. The second kappa shape index (κ2) is 7.67. The van der Waals surface area contributed by atoms with Crippen molar-refractivity contribution in [1.82, 2.24) is 5.32 Å². The largest absolute Gasteiger partial charge is 0.311 e. The van der Waals surface area contributed by atoms with Gasteiger partial charge in [0.05, 0.1) is 0 Å². The van der Waals surface area contributed by atoms with Gasteiger partial charge in [0.1, 0.15) is 0 Å². The summed E-state index contributed by atoms with van der Waals surface area (Å²) in [6, 6.07) is 1.55. The lowest BCUT2D eigenvalue weighted by atomic mass is 9.78. The van der Waals surface area contributed by atoms with E-state index < -0.39 is 0 Å². The molecule has 0 radical (unpaired) electrons. The summed E-state index contributed by atoms with van der Waals surface area (Å²) in [5, 5.41) is 4.00. The van der Waals surface area contributed by atoms with Gasteiger partial charge < -0.3 is 5.32 Å². The predicted molar refractivity (Wildman–Crippen MR) is 84.4 cm³/mol. The maximum absolute atomic E-state index is 4.00. The Hall–Kier alpha value is -0.0400. The second-order valence-electron chi connectivity index (χ2n) is 7.57. The van der Waals surface area contributed by atoms with Crippen molar-refractivity contribution >= 4 is 0 Å². The van der Waals surface area contributed by atoms with Crippen molar-refractivity contribution in [2.75, 3.05) is 0 Å². The van der Waals surface area contributed by atoms with Gasteiger partial charge in [-0.25, -0.2) is 0 Å². The van der Waals surface area contributed by atoms with Gasteiger partial charge in [-0.1, -0.05) is 52.4 Å². The summed E-state index contributed by atoms with van der Waals surface area (Å²) in [6.07, 6.45) is 14.6. The lowest BCUT2D eigenvalue weighted by Crippen LogP contribution is -2.43. The third kappa shape index (κ3) is 4.77. The van der Waals surface area contributed by atoms with Crippen molar-refractivity contribution in [1.29, 1.82) is 0 Å². The van der Waals surface area contributed by atoms with Gasteiger partial charge in [-0.15, -0.1) is 0 Å². The molecule has 1 nitrogen and oxygen atoms in total. The average molecular weight is 265 g/mol. The van der Waals surface area contributed by atoms with Crippen LogP contribution in [0.25, 0.3) is 0 Å². The molecular weight excluding hydrogens is 230 g/mol. The van der Waals surface area contributed by atoms with Crippen LogP contribution in [0.15, 0.2) is 0 Å². The van der Waals surface area contributed by atoms with Crippen LogP contribution in [-0.4, -0.2) is 12.1 Å². The van der Waals surface area contributed by atoms with Crippen LogP contribution in [0.2, 0.25) is 0 Å². The van der Waals surface area contributed by atoms with Crippen molar-refractivity contribution in [3.63, 3.8) is 0 Å². The summed E-state index contributed by atoms with van der Waals surface area (Å²) in [6.45, 7) is 7.26. The Bertz CT molecular complexity index is 240. The van der Waals surface area contributed by atoms with Crippen LogP contribution in [0.5, 0.6) is 0 Å². The molecule has 0 aromatic rings. The number of rotatable bonds is 4. The molecule has 19 heavy (non-hydrogen) atoms. The van der Waals surface area contributed by atoms with E-state index in [-0.39, 0.29) is 0 Å². The molecule has 2 rings (SSSR count). The Morgan fingerprint density at radius 2 is 1.37 bits per heavy atom. The molecule has 2 unspecified atom stereocenters. The second-order valence-corrected chi connectivity index (χ2v) is 7.57. The van der Waals surface area contributed by atoms with Crippen molar-refractivity contribution < 1.29 is 0 Å². The van der Waals surface area contributed by atoms with E-state index >= 15 is 0 Å². The van der Waals surface area contributed by atoms with Gasteiger partial charge >= 0.3 is 0 Å². The van der Waals surface area contributed by atoms with E-state index in [1.165, 1.54) is 64.2 Å². The Kier molecular flexibility index (Phi) is 6.19. The zero-order chi connectivity index (χ0) is 13.7. The summed E-state index contributed by atoms with van der Waals surface area (Å²) in [5.41, 5.74) is 0. The van der Waals surface area contributed by atoms with Crippen LogP contribution in [0.3, 0.4) is 0 Å². The average Bonchev–Trinajstić information content (AvgIpc) is 2.68. The maximum Gasteiger partial charge on any atom is 0.00723 e. The Balaban J connectivity index is 1.78. The first-order chi connectivity index (χ1) is 9.16. The molecule has 2 saturated carbocycles. The fraction of sp³-hybridized carbons (Fsp3) is 1.00. The van der Waals surface area contributed by atoms with Crippen molar-refractivity contribution in [2.45, 2.75) is 97.1 Å². The van der Waals surface area contributed by atoms with Crippen LogP contribution in [0, 0.1) is 17.8 Å². The van der Waals surface area contributed by atoms with Gasteiger partial charge in [-0.3, -0.25) is 0 Å². The highest BCUT2D eigenvalue weighted by atomic mass is 15.0. The Labute approximate surface area is 120 Å². The van der Waals surface area contributed by atoms with E-state index in [4.69, 9.17) is 0 Å². The molecule has 2 aliphatic carbocycles. The minimum absolute atomic E-state index is 0.744. The highest BCUT2D eigenvalue weighted by Gasteiger charge is 2.27. The van der Waals surface area contributed by atoms with Crippen LogP contribution < -0.4 is 5.32 Å². The van der Waals surface area contributed by atoms with E-state index in [1.807, 2.05) is 0 Å². The molecule has 0 aliphatic heterocycles. The zero-order valence-corrected chi connectivity index (χ0v) is 13.5. The van der Waals surface area contributed by atoms with Crippen LogP contribution in [0.1, 0.15) is 85.0 Å². The van der Waals surface area contributed by atoms with E-state index in [0.29, 0.717) is 0 Å². The molecule has 1 heteroatoms. The first kappa shape index (κ1) is 15.4. The number of nitrogens with one attached hydrogen (secondary N) is 1. The fourth-order valence-electron chi connectivity index (χ4n) is 4.30. The van der Waals surface area contributed by atoms with Gasteiger partial charge in [-0.05, 0) is 50.4 Å². The summed E-state index contributed by atoms with van der Waals surface area (Å²) in [5.74, 6) is 2.78. The van der Waals surface area contributed by atoms with Crippen molar-refractivity contribution in [3.05, 3.63) is 0 Å². The molecule has 0 spiro atoms. The van der Waals surface area contributed by atoms with Crippen molar-refractivity contribution in [2.24, 2.45) is 17.8 Å². The molecule has 0 aromatic carbocycles. The lowest BCUT2D eigenvalue weighted by Gasteiger charge is -2.35. The van der Waals surface area contributed by atoms with Gasteiger partial charge in [-0.2, -0.15) is 0 Å². The van der Waals surface area contributed by atoms with E-state index in [9.17, 15) is 0 Å². The summed E-state index contributed by atoms with van der Waals surface area (Å²) < 4.78 is 0. The number of hydrogen-bond acceptors (Lipinski definition) is 1. The number of hydrogen-bond donors (Lipinski definition) is 1. The van der Waals surface area contributed by atoms with Crippen LogP contribution >= 0.6 is 0 Å². The molecule has 0 bridgehead atoms. The minimum Gasteiger partial charge on any atom is -0.311 e. The molecule has 0 heterocycles. The minimum atomic E-state index is 0.744. The predicted octanol–water partition coefficient (Wildman–Crippen LogP) is 5.15. The topological polar surface area (TPSA) is 12.0 Å². The van der Waals surface area contributed by atoms with E-state index in [0.717, 1.165) is 29.8 Å². The zero-order valence-electron chi connectivity index (χ0n) is 13.5. The fourth-order valence-corrected chi connectivity index (χ4v) is 4.30. The molecule has 2 aliphatic rings. The van der Waals surface area contributed by atoms with Crippen LogP contribution in [0.4, 0.5) is 0 Å². The lowest BCUT2D eigenvalue weighted by molar-refractivity contribution is 0.204. The molecular formula is C18H35N. The monoisotopic (exact) mass is 265 g/mol. The molecule has 0 amide bonds. The van der Waals surface area contributed by atoms with Crippen molar-refractivity contribution in [3.8, 4) is 0 Å². The van der Waals surface area contributed by atoms with Gasteiger partial charge in [0.15, 0.2) is 0 Å². The van der Waals surface area contributed by atoms with Gasteiger partial charge in [0.2, 0.25) is 0 Å². The summed E-state index contributed by atoms with van der Waals surface area (Å²) >= 11 is 0. The highest BCUT2D eigenvalue weighted by molar-refractivity contribution is 4.84. The first-order valence-electron chi connectivity index (χ1n) is 8.93. The third-order valence-electron chi connectivity index (χ3n) is 5.76. The van der Waals surface area contributed by atoms with Gasteiger partial charge in [0, 0.05) is 12.1 Å². The first-order valence-corrected chi connectivity index (χ1v) is 8.93. The third-order valence-corrected chi connectivity index (χ3v) is 5.76. The molecule has 2 fully saturated rings. The van der Waals surface area contributed by atoms with Crippen LogP contribution in [-0.2, 0) is 0 Å². The molecule has 3 atom stereocenters. The van der Waals surface area contributed by atoms with Gasteiger partial charge in [0.25, 0.3) is 0 Å². The van der Waals surface area contributed by atoms with E-state index in [2.05, 4.69) is 26.1 Å². The summed E-state index contributed by atoms with van der Waals surface area (Å²) in [7, 11) is 0. The Morgan fingerprint density at radius 3 is 2.00 bits per heavy atom. The quantitative estimate of drug-likeness (QED) is 0.693. The molecule has 0 saturated heterocycles. The Morgan fingerprint density at radius 1 is 0.737 bits per heavy atom. The smallest absolute Gasteiger partial charge is 0.00723 e. The maximum atomic E-state index is 4.00. The summed E-state index contributed by atoms with van der Waals surface area (Å²) in [4.78, 5) is 0. The van der Waals surface area contributed by atoms with E-state index in [1.54, 1.807) is 0 Å².